The Morgan fingerprint density at radius 2 is 1.32 bits per heavy atom. The summed E-state index contributed by atoms with van der Waals surface area (Å²) in [5.41, 5.74) is 5.58. The number of hydrogen-bond donors (Lipinski definition) is 4. The van der Waals surface area contributed by atoms with E-state index in [4.69, 9.17) is 5.73 Å². The van der Waals surface area contributed by atoms with Gasteiger partial charge in [0.2, 0.25) is 0 Å². The molecule has 0 saturated carbocycles. The fourth-order valence-corrected chi connectivity index (χ4v) is 1.77. The highest BCUT2D eigenvalue weighted by molar-refractivity contribution is 4.99. The second kappa shape index (κ2) is 8.87. The Balaban J connectivity index is 3.76. The first-order valence-corrected chi connectivity index (χ1v) is 7.29. The van der Waals surface area contributed by atoms with Gasteiger partial charge in [-0.25, -0.2) is 0 Å². The van der Waals surface area contributed by atoms with Crippen molar-refractivity contribution in [1.82, 2.24) is 20.9 Å². The highest BCUT2D eigenvalue weighted by Gasteiger charge is 2.37. The van der Waals surface area contributed by atoms with Crippen LogP contribution in [0.3, 0.4) is 0 Å². The van der Waals surface area contributed by atoms with E-state index in [2.05, 4.69) is 62.6 Å². The highest BCUT2D eigenvalue weighted by Crippen LogP contribution is 2.25. The van der Waals surface area contributed by atoms with Crippen LogP contribution < -0.4 is 21.7 Å². The summed E-state index contributed by atoms with van der Waals surface area (Å²) in [6, 6.07) is 0. The maximum atomic E-state index is 5.41. The molecule has 116 valence electrons. The first-order valence-electron chi connectivity index (χ1n) is 7.29. The fraction of sp³-hybridized carbons (Fsp3) is 1.00. The Kier molecular flexibility index (Phi) is 8.78. The predicted octanol–water partition coefficient (Wildman–Crippen LogP) is -0.167. The second-order valence-corrected chi connectivity index (χ2v) is 6.29. The summed E-state index contributed by atoms with van der Waals surface area (Å²) in [4.78, 5) is 2.27. The second-order valence-electron chi connectivity index (χ2n) is 6.29. The largest absolute Gasteiger partial charge is 0.329 e. The van der Waals surface area contributed by atoms with Crippen LogP contribution in [-0.4, -0.2) is 69.3 Å². The molecule has 19 heavy (non-hydrogen) atoms. The molecule has 0 aromatic heterocycles. The summed E-state index contributed by atoms with van der Waals surface area (Å²) < 4.78 is 0. The number of nitrogens with one attached hydrogen (secondary N) is 3. The number of rotatable bonds is 11. The van der Waals surface area contributed by atoms with Crippen molar-refractivity contribution in [3.63, 3.8) is 0 Å². The van der Waals surface area contributed by atoms with E-state index < -0.39 is 0 Å². The molecule has 0 saturated heterocycles. The first-order chi connectivity index (χ1) is 8.75. The summed E-state index contributed by atoms with van der Waals surface area (Å²) in [6.07, 6.45) is 0. The van der Waals surface area contributed by atoms with E-state index in [-0.39, 0.29) is 11.1 Å². The number of nitrogens with two attached hydrogens (primary N) is 1. The van der Waals surface area contributed by atoms with Crippen LogP contribution in [0.2, 0.25) is 0 Å². The number of nitrogens with zero attached hydrogens (tertiary/aromatic N) is 1. The lowest BCUT2D eigenvalue weighted by Crippen LogP contribution is -2.63. The van der Waals surface area contributed by atoms with Crippen molar-refractivity contribution >= 4 is 0 Å². The molecule has 0 spiro atoms. The van der Waals surface area contributed by atoms with E-state index in [1.54, 1.807) is 0 Å². The van der Waals surface area contributed by atoms with Gasteiger partial charge in [0.05, 0.1) is 0 Å². The maximum absolute atomic E-state index is 5.41. The molecule has 0 atom stereocenters. The molecule has 5 nitrogen and oxygen atoms in total. The zero-order chi connectivity index (χ0) is 14.9. The molecule has 0 aromatic rings. The standard InChI is InChI=1S/C14H35N5/c1-13(2,14(3,4)19(5)6)18-12-11-17-10-9-16-8-7-15/h16-18H,7-12,15H2,1-6H3. The molecule has 0 aliphatic carbocycles. The topological polar surface area (TPSA) is 65.3 Å². The van der Waals surface area contributed by atoms with Crippen molar-refractivity contribution < 1.29 is 0 Å². The van der Waals surface area contributed by atoms with Crippen LogP contribution in [-0.2, 0) is 0 Å². The lowest BCUT2D eigenvalue weighted by Gasteiger charge is -2.47. The van der Waals surface area contributed by atoms with Crippen molar-refractivity contribution in [1.29, 1.82) is 0 Å². The molecule has 0 fully saturated rings. The lowest BCUT2D eigenvalue weighted by molar-refractivity contribution is 0.0847. The van der Waals surface area contributed by atoms with Crippen LogP contribution in [0, 0.1) is 0 Å². The quantitative estimate of drug-likeness (QED) is 0.394. The van der Waals surface area contributed by atoms with Gasteiger partial charge in [-0.3, -0.25) is 0 Å². The summed E-state index contributed by atoms with van der Waals surface area (Å²) in [7, 11) is 4.26. The smallest absolute Gasteiger partial charge is 0.0323 e. The minimum Gasteiger partial charge on any atom is -0.329 e. The third-order valence-electron chi connectivity index (χ3n) is 4.32. The zero-order valence-corrected chi connectivity index (χ0v) is 13.8. The fourth-order valence-electron chi connectivity index (χ4n) is 1.77. The Hall–Kier alpha value is -0.200. The van der Waals surface area contributed by atoms with Crippen molar-refractivity contribution in [3.8, 4) is 0 Å². The van der Waals surface area contributed by atoms with E-state index in [1.165, 1.54) is 0 Å². The molecule has 5 N–H and O–H groups in total. The van der Waals surface area contributed by atoms with Gasteiger partial charge in [-0.1, -0.05) is 0 Å². The van der Waals surface area contributed by atoms with Crippen LogP contribution >= 0.6 is 0 Å². The normalized spacial score (nSPS) is 13.3. The van der Waals surface area contributed by atoms with Gasteiger partial charge >= 0.3 is 0 Å². The van der Waals surface area contributed by atoms with Gasteiger partial charge < -0.3 is 26.6 Å². The average Bonchev–Trinajstić information content (AvgIpc) is 2.32. The Morgan fingerprint density at radius 1 is 0.842 bits per heavy atom. The van der Waals surface area contributed by atoms with Gasteiger partial charge in [-0.15, -0.1) is 0 Å². The lowest BCUT2D eigenvalue weighted by atomic mass is 9.81. The molecular weight excluding hydrogens is 238 g/mol. The molecule has 0 amide bonds. The zero-order valence-electron chi connectivity index (χ0n) is 13.8. The summed E-state index contributed by atoms with van der Waals surface area (Å²) in [6.45, 7) is 14.6. The Bertz CT molecular complexity index is 226. The molecule has 0 radical (unpaired) electrons. The van der Waals surface area contributed by atoms with E-state index in [0.29, 0.717) is 6.54 Å². The Labute approximate surface area is 119 Å². The molecular formula is C14H35N5. The van der Waals surface area contributed by atoms with E-state index in [1.807, 2.05) is 0 Å². The minimum absolute atomic E-state index is 0.0655. The van der Waals surface area contributed by atoms with Crippen molar-refractivity contribution in [3.05, 3.63) is 0 Å². The highest BCUT2D eigenvalue weighted by atomic mass is 15.2. The summed E-state index contributed by atoms with van der Waals surface area (Å²) in [5, 5.41) is 10.3. The van der Waals surface area contributed by atoms with Gasteiger partial charge in [0.25, 0.3) is 0 Å². The van der Waals surface area contributed by atoms with Gasteiger partial charge in [0.15, 0.2) is 0 Å². The summed E-state index contributed by atoms with van der Waals surface area (Å²) in [5.74, 6) is 0. The molecule has 0 rings (SSSR count). The molecule has 0 aliphatic rings. The van der Waals surface area contributed by atoms with Crippen LogP contribution in [0.1, 0.15) is 27.7 Å². The molecule has 0 aliphatic heterocycles. The van der Waals surface area contributed by atoms with Crippen molar-refractivity contribution in [2.24, 2.45) is 5.73 Å². The van der Waals surface area contributed by atoms with Crippen LogP contribution in [0.15, 0.2) is 0 Å². The van der Waals surface area contributed by atoms with Crippen molar-refractivity contribution in [2.75, 3.05) is 53.4 Å². The van der Waals surface area contributed by atoms with E-state index in [0.717, 1.165) is 32.7 Å². The monoisotopic (exact) mass is 273 g/mol. The van der Waals surface area contributed by atoms with Crippen LogP contribution in [0.4, 0.5) is 0 Å². The third-order valence-corrected chi connectivity index (χ3v) is 4.32. The average molecular weight is 273 g/mol. The molecule has 0 bridgehead atoms. The van der Waals surface area contributed by atoms with Crippen molar-refractivity contribution in [2.45, 2.75) is 38.8 Å². The third kappa shape index (κ3) is 6.68. The van der Waals surface area contributed by atoms with Gasteiger partial charge in [0, 0.05) is 50.3 Å². The Morgan fingerprint density at radius 3 is 1.79 bits per heavy atom. The molecule has 0 unspecified atom stereocenters. The van der Waals surface area contributed by atoms with Gasteiger partial charge in [-0.2, -0.15) is 0 Å². The molecule has 5 heteroatoms. The first kappa shape index (κ1) is 18.8. The number of hydrogen-bond acceptors (Lipinski definition) is 5. The number of likely N-dealkylation sites (N-methyl/N-ethyl adjacent to an activating group) is 1. The maximum Gasteiger partial charge on any atom is 0.0323 e. The van der Waals surface area contributed by atoms with Crippen LogP contribution in [0.5, 0.6) is 0 Å². The van der Waals surface area contributed by atoms with E-state index >= 15 is 0 Å². The summed E-state index contributed by atoms with van der Waals surface area (Å²) >= 11 is 0. The molecule has 0 heterocycles. The minimum atomic E-state index is 0.0655. The van der Waals surface area contributed by atoms with E-state index in [9.17, 15) is 0 Å². The van der Waals surface area contributed by atoms with Gasteiger partial charge in [-0.05, 0) is 41.8 Å². The van der Waals surface area contributed by atoms with Crippen LogP contribution in [0.25, 0.3) is 0 Å². The SMILES string of the molecule is CN(C)C(C)(C)C(C)(C)NCCNCCNCCN. The predicted molar refractivity (Wildman–Crippen MR) is 84.6 cm³/mol. The van der Waals surface area contributed by atoms with Gasteiger partial charge in [0.1, 0.15) is 0 Å². The molecule has 0 aromatic carbocycles.